The maximum atomic E-state index is 12.1. The number of rotatable bonds is 3. The van der Waals surface area contributed by atoms with E-state index in [2.05, 4.69) is 37.4 Å². The Morgan fingerprint density at radius 2 is 1.74 bits per heavy atom. The zero-order valence-electron chi connectivity index (χ0n) is 11.6. The Labute approximate surface area is 114 Å². The zero-order chi connectivity index (χ0) is 13.8. The summed E-state index contributed by atoms with van der Waals surface area (Å²) in [4.78, 5) is 12.1. The highest BCUT2D eigenvalue weighted by Crippen LogP contribution is 2.19. The van der Waals surface area contributed by atoms with E-state index >= 15 is 0 Å². The molecule has 1 atom stereocenters. The molecule has 0 aliphatic carbocycles. The van der Waals surface area contributed by atoms with Crippen LogP contribution in [0.1, 0.15) is 40.0 Å². The van der Waals surface area contributed by atoms with Crippen LogP contribution in [0.4, 0.5) is 0 Å². The lowest BCUT2D eigenvalue weighted by atomic mass is 10.00. The van der Waals surface area contributed by atoms with Gasteiger partial charge in [-0.25, -0.2) is 0 Å². The van der Waals surface area contributed by atoms with Crippen molar-refractivity contribution in [3.05, 3.63) is 70.8 Å². The molecular formula is C17H19NO. The average Bonchev–Trinajstić information content (AvgIpc) is 2.39. The molecule has 2 heteroatoms. The highest BCUT2D eigenvalue weighted by atomic mass is 16.1. The van der Waals surface area contributed by atoms with Crippen LogP contribution in [0.15, 0.2) is 48.5 Å². The van der Waals surface area contributed by atoms with Gasteiger partial charge in [0, 0.05) is 5.56 Å². The van der Waals surface area contributed by atoms with Gasteiger partial charge in [-0.2, -0.15) is 0 Å². The topological polar surface area (TPSA) is 29.1 Å². The van der Waals surface area contributed by atoms with Gasteiger partial charge in [0.05, 0.1) is 6.04 Å². The van der Waals surface area contributed by atoms with E-state index in [1.165, 1.54) is 11.1 Å². The van der Waals surface area contributed by atoms with Crippen LogP contribution in [-0.2, 0) is 0 Å². The van der Waals surface area contributed by atoms with Crippen molar-refractivity contribution in [2.24, 2.45) is 0 Å². The van der Waals surface area contributed by atoms with Crippen LogP contribution in [-0.4, -0.2) is 5.91 Å². The Morgan fingerprint density at radius 3 is 2.37 bits per heavy atom. The Morgan fingerprint density at radius 1 is 1.05 bits per heavy atom. The van der Waals surface area contributed by atoms with Crippen molar-refractivity contribution in [2.45, 2.75) is 26.8 Å². The Balaban J connectivity index is 2.13. The standard InChI is InChI=1S/C17H19NO/c1-12-9-10-16(13(2)11-12)14(3)18-17(19)15-7-5-4-6-8-15/h4-11,14H,1-3H3,(H,18,19). The number of aryl methyl sites for hydroxylation is 2. The van der Waals surface area contributed by atoms with Gasteiger partial charge in [0.15, 0.2) is 0 Å². The minimum atomic E-state index is -0.0342. The van der Waals surface area contributed by atoms with Crippen LogP contribution >= 0.6 is 0 Å². The fourth-order valence-corrected chi connectivity index (χ4v) is 2.26. The molecule has 1 unspecified atom stereocenters. The molecule has 0 fully saturated rings. The summed E-state index contributed by atoms with van der Waals surface area (Å²) < 4.78 is 0. The molecule has 0 spiro atoms. The molecule has 19 heavy (non-hydrogen) atoms. The van der Waals surface area contributed by atoms with E-state index in [9.17, 15) is 4.79 Å². The van der Waals surface area contributed by atoms with E-state index in [1.54, 1.807) is 0 Å². The van der Waals surface area contributed by atoms with Crippen molar-refractivity contribution in [1.29, 1.82) is 0 Å². The van der Waals surface area contributed by atoms with Crippen molar-refractivity contribution < 1.29 is 4.79 Å². The number of hydrogen-bond donors (Lipinski definition) is 1. The van der Waals surface area contributed by atoms with E-state index in [0.29, 0.717) is 5.56 Å². The number of benzene rings is 2. The molecular weight excluding hydrogens is 234 g/mol. The van der Waals surface area contributed by atoms with Gasteiger partial charge in [0.25, 0.3) is 5.91 Å². The van der Waals surface area contributed by atoms with Crippen LogP contribution in [0.25, 0.3) is 0 Å². The molecule has 98 valence electrons. The smallest absolute Gasteiger partial charge is 0.251 e. The Hall–Kier alpha value is -2.09. The minimum Gasteiger partial charge on any atom is -0.346 e. The third kappa shape index (κ3) is 3.22. The summed E-state index contributed by atoms with van der Waals surface area (Å²) in [6, 6.07) is 15.6. The first kappa shape index (κ1) is 13.3. The Bertz CT molecular complexity index is 575. The van der Waals surface area contributed by atoms with Crippen LogP contribution in [0, 0.1) is 13.8 Å². The maximum Gasteiger partial charge on any atom is 0.251 e. The summed E-state index contributed by atoms with van der Waals surface area (Å²) in [7, 11) is 0. The SMILES string of the molecule is Cc1ccc(C(C)NC(=O)c2ccccc2)c(C)c1. The van der Waals surface area contributed by atoms with Crippen molar-refractivity contribution in [1.82, 2.24) is 5.32 Å². The van der Waals surface area contributed by atoms with Crippen LogP contribution in [0.2, 0.25) is 0 Å². The quantitative estimate of drug-likeness (QED) is 0.885. The first-order chi connectivity index (χ1) is 9.08. The summed E-state index contributed by atoms with van der Waals surface area (Å²) in [5, 5.41) is 3.03. The van der Waals surface area contributed by atoms with Gasteiger partial charge in [0.1, 0.15) is 0 Å². The monoisotopic (exact) mass is 253 g/mol. The first-order valence-electron chi connectivity index (χ1n) is 6.51. The van der Waals surface area contributed by atoms with E-state index in [4.69, 9.17) is 0 Å². The fraction of sp³-hybridized carbons (Fsp3) is 0.235. The number of carbonyl (C=O) groups is 1. The molecule has 0 saturated heterocycles. The lowest BCUT2D eigenvalue weighted by Gasteiger charge is -2.17. The van der Waals surface area contributed by atoms with E-state index in [-0.39, 0.29) is 11.9 Å². The highest BCUT2D eigenvalue weighted by molar-refractivity contribution is 5.94. The van der Waals surface area contributed by atoms with Crippen LogP contribution in [0.3, 0.4) is 0 Å². The van der Waals surface area contributed by atoms with E-state index in [1.807, 2.05) is 37.3 Å². The molecule has 2 aromatic rings. The van der Waals surface area contributed by atoms with Gasteiger partial charge in [-0.15, -0.1) is 0 Å². The predicted octanol–water partition coefficient (Wildman–Crippen LogP) is 3.79. The number of hydrogen-bond acceptors (Lipinski definition) is 1. The molecule has 0 aromatic heterocycles. The van der Waals surface area contributed by atoms with Crippen molar-refractivity contribution in [3.8, 4) is 0 Å². The maximum absolute atomic E-state index is 12.1. The largest absolute Gasteiger partial charge is 0.346 e. The molecule has 0 saturated carbocycles. The summed E-state index contributed by atoms with van der Waals surface area (Å²) >= 11 is 0. The Kier molecular flexibility index (Phi) is 4.00. The molecule has 1 N–H and O–H groups in total. The molecule has 2 aromatic carbocycles. The molecule has 1 amide bonds. The number of carbonyl (C=O) groups excluding carboxylic acids is 1. The van der Waals surface area contributed by atoms with Gasteiger partial charge in [-0.1, -0.05) is 42.0 Å². The number of nitrogens with one attached hydrogen (secondary N) is 1. The summed E-state index contributed by atoms with van der Waals surface area (Å²) in [6.45, 7) is 6.16. The summed E-state index contributed by atoms with van der Waals surface area (Å²) in [5.74, 6) is -0.0342. The second-order valence-electron chi connectivity index (χ2n) is 4.92. The van der Waals surface area contributed by atoms with Crippen LogP contribution in [0.5, 0.6) is 0 Å². The van der Waals surface area contributed by atoms with Gasteiger partial charge >= 0.3 is 0 Å². The van der Waals surface area contributed by atoms with Gasteiger partial charge in [0.2, 0.25) is 0 Å². The van der Waals surface area contributed by atoms with Crippen molar-refractivity contribution >= 4 is 5.91 Å². The normalized spacial score (nSPS) is 11.9. The molecule has 0 heterocycles. The summed E-state index contributed by atoms with van der Waals surface area (Å²) in [5.41, 5.74) is 4.30. The van der Waals surface area contributed by atoms with Crippen molar-refractivity contribution in [2.75, 3.05) is 0 Å². The van der Waals surface area contributed by atoms with Gasteiger partial charge < -0.3 is 5.32 Å². The van der Waals surface area contributed by atoms with Gasteiger partial charge in [-0.3, -0.25) is 4.79 Å². The molecule has 2 nitrogen and oxygen atoms in total. The van der Waals surface area contributed by atoms with Gasteiger partial charge in [-0.05, 0) is 44.0 Å². The molecule has 0 aliphatic heterocycles. The van der Waals surface area contributed by atoms with E-state index < -0.39 is 0 Å². The lowest BCUT2D eigenvalue weighted by molar-refractivity contribution is 0.0940. The van der Waals surface area contributed by atoms with Crippen LogP contribution < -0.4 is 5.32 Å². The third-order valence-electron chi connectivity index (χ3n) is 3.28. The zero-order valence-corrected chi connectivity index (χ0v) is 11.6. The summed E-state index contributed by atoms with van der Waals surface area (Å²) in [6.07, 6.45) is 0. The minimum absolute atomic E-state index is 0.00769. The molecule has 0 radical (unpaired) electrons. The van der Waals surface area contributed by atoms with E-state index in [0.717, 1.165) is 5.56 Å². The first-order valence-corrected chi connectivity index (χ1v) is 6.51. The number of amides is 1. The van der Waals surface area contributed by atoms with Crippen molar-refractivity contribution in [3.63, 3.8) is 0 Å². The molecule has 0 aliphatic rings. The second-order valence-corrected chi connectivity index (χ2v) is 4.92. The highest BCUT2D eigenvalue weighted by Gasteiger charge is 2.12. The molecule has 2 rings (SSSR count). The average molecular weight is 253 g/mol. The fourth-order valence-electron chi connectivity index (χ4n) is 2.26. The molecule has 0 bridgehead atoms. The third-order valence-corrected chi connectivity index (χ3v) is 3.28. The predicted molar refractivity (Wildman–Crippen MR) is 78.2 cm³/mol. The second kappa shape index (κ2) is 5.70. The lowest BCUT2D eigenvalue weighted by Crippen LogP contribution is -2.27.